The molecule has 6 heteroatoms. The molecule has 0 fully saturated rings. The van der Waals surface area contributed by atoms with Crippen LogP contribution >= 0.6 is 7.26 Å². The van der Waals surface area contributed by atoms with Crippen molar-refractivity contribution in [2.45, 2.75) is 79.1 Å². The number of nitrogens with two attached hydrogens (primary N) is 1. The topological polar surface area (TPSA) is 95.2 Å². The summed E-state index contributed by atoms with van der Waals surface area (Å²) in [5.74, 6) is -1.82. The minimum atomic E-state index is -1.32. The molecule has 1 amide bonds. The van der Waals surface area contributed by atoms with Crippen LogP contribution in [0.2, 0.25) is 0 Å². The summed E-state index contributed by atoms with van der Waals surface area (Å²) >= 11 is 0. The van der Waals surface area contributed by atoms with Crippen molar-refractivity contribution in [3.63, 3.8) is 0 Å². The minimum Gasteiger partial charge on any atom is -0.548 e. The van der Waals surface area contributed by atoms with Crippen molar-refractivity contribution in [3.8, 4) is 0 Å². The Labute approximate surface area is 162 Å². The van der Waals surface area contributed by atoms with E-state index in [9.17, 15) is 14.7 Å². The lowest BCUT2D eigenvalue weighted by Gasteiger charge is -2.28. The molecule has 5 nitrogen and oxygen atoms in total. The van der Waals surface area contributed by atoms with E-state index in [2.05, 4.69) is 27.7 Å². The monoisotopic (exact) mass is 390 g/mol. The van der Waals surface area contributed by atoms with Crippen LogP contribution < -0.4 is 16.2 Å². The largest absolute Gasteiger partial charge is 0.548 e. The van der Waals surface area contributed by atoms with E-state index in [0.29, 0.717) is 0 Å². The number of rotatable bonds is 15. The normalized spacial score (nSPS) is 10.8. The predicted octanol–water partition coefficient (Wildman–Crippen LogP) is 3.02. The molecule has 0 aromatic carbocycles. The highest BCUT2D eigenvalue weighted by Gasteiger charge is 2.34. The van der Waals surface area contributed by atoms with E-state index in [-0.39, 0.29) is 6.54 Å². The smallest absolute Gasteiger partial charge is 0.234 e. The summed E-state index contributed by atoms with van der Waals surface area (Å²) in [5.41, 5.74) is 4.83. The van der Waals surface area contributed by atoms with Gasteiger partial charge in [0.2, 0.25) is 5.91 Å². The van der Waals surface area contributed by atoms with Gasteiger partial charge in [-0.2, -0.15) is 0 Å². The van der Waals surface area contributed by atoms with Crippen molar-refractivity contribution in [2.75, 3.05) is 37.7 Å². The van der Waals surface area contributed by atoms with Crippen molar-refractivity contribution in [1.29, 1.82) is 0 Å². The third kappa shape index (κ3) is 16.8. The Hall–Kier alpha value is -0.670. The van der Waals surface area contributed by atoms with Crippen molar-refractivity contribution in [1.82, 2.24) is 5.32 Å². The second kappa shape index (κ2) is 19.1. The maximum Gasteiger partial charge on any atom is 0.234 e. The fourth-order valence-electron chi connectivity index (χ4n) is 2.89. The number of carbonyl (C=O) groups is 2. The first kappa shape index (κ1) is 27.5. The molecule has 0 spiro atoms. The van der Waals surface area contributed by atoms with E-state index >= 15 is 0 Å². The molecule has 0 radical (unpaired) electrons. The standard InChI is InChI=1S/C16H36P.C4H8N2O3/c1-5-9-13-17(14-10-6-2,15-11-7-3)16-12-8-4;5-1-3(7)6-2-4(8)9/h5-16H2,1-4H3;1-2,5H2,(H,6,7)(H,8,9)/q+1;/p-1. The number of carbonyl (C=O) groups excluding carboxylic acids is 2. The molecule has 0 aliphatic rings. The number of carboxylic acid groups (broad SMARTS) is 1. The number of unbranched alkanes of at least 4 members (excludes halogenated alkanes) is 4. The van der Waals surface area contributed by atoms with E-state index < -0.39 is 25.7 Å². The lowest BCUT2D eigenvalue weighted by molar-refractivity contribution is -0.304. The third-order valence-corrected chi connectivity index (χ3v) is 9.62. The van der Waals surface area contributed by atoms with Crippen LogP contribution in [0.25, 0.3) is 0 Å². The highest BCUT2D eigenvalue weighted by atomic mass is 31.2. The number of hydrogen-bond acceptors (Lipinski definition) is 4. The lowest BCUT2D eigenvalue weighted by atomic mass is 10.4. The van der Waals surface area contributed by atoms with Gasteiger partial charge in [0.1, 0.15) is 0 Å². The average molecular weight is 391 g/mol. The summed E-state index contributed by atoms with van der Waals surface area (Å²) in [6.07, 6.45) is 17.9. The molecule has 0 bridgehead atoms. The molecular formula is C20H43N2O3P. The van der Waals surface area contributed by atoms with Gasteiger partial charge >= 0.3 is 0 Å². The van der Waals surface area contributed by atoms with Crippen LogP contribution in [0.4, 0.5) is 0 Å². The van der Waals surface area contributed by atoms with Gasteiger partial charge in [0.15, 0.2) is 0 Å². The van der Waals surface area contributed by atoms with Gasteiger partial charge in [-0.3, -0.25) is 4.79 Å². The molecule has 0 saturated heterocycles. The first-order valence-corrected chi connectivity index (χ1v) is 13.0. The lowest BCUT2D eigenvalue weighted by Crippen LogP contribution is -2.40. The molecule has 26 heavy (non-hydrogen) atoms. The Kier molecular flexibility index (Phi) is 20.2. The highest BCUT2D eigenvalue weighted by molar-refractivity contribution is 7.75. The van der Waals surface area contributed by atoms with Crippen molar-refractivity contribution >= 4 is 19.1 Å². The zero-order valence-corrected chi connectivity index (χ0v) is 18.5. The molecule has 0 heterocycles. The van der Waals surface area contributed by atoms with Crippen LogP contribution in [0, 0.1) is 0 Å². The third-order valence-electron chi connectivity index (χ3n) is 4.56. The first-order chi connectivity index (χ1) is 12.4. The summed E-state index contributed by atoms with van der Waals surface area (Å²) in [6.45, 7) is 8.74. The van der Waals surface area contributed by atoms with Crippen molar-refractivity contribution in [2.24, 2.45) is 5.73 Å². The fourth-order valence-corrected chi connectivity index (χ4v) is 8.18. The van der Waals surface area contributed by atoms with E-state index in [4.69, 9.17) is 5.73 Å². The highest BCUT2D eigenvalue weighted by Crippen LogP contribution is 2.61. The zero-order chi connectivity index (χ0) is 20.3. The van der Waals surface area contributed by atoms with Crippen molar-refractivity contribution < 1.29 is 14.7 Å². The number of amides is 1. The number of carboxylic acids is 1. The maximum absolute atomic E-state index is 10.2. The maximum atomic E-state index is 10.2. The van der Waals surface area contributed by atoms with Crippen molar-refractivity contribution in [3.05, 3.63) is 0 Å². The van der Waals surface area contributed by atoms with Gasteiger partial charge in [0.05, 0.1) is 43.7 Å². The summed E-state index contributed by atoms with van der Waals surface area (Å²) in [5, 5.41) is 11.7. The van der Waals surface area contributed by atoms with Crippen LogP contribution in [0.5, 0.6) is 0 Å². The number of nitrogens with one attached hydrogen (secondary N) is 1. The van der Waals surface area contributed by atoms with Gasteiger partial charge in [0.25, 0.3) is 0 Å². The average Bonchev–Trinajstić information content (AvgIpc) is 2.65. The van der Waals surface area contributed by atoms with E-state index in [1.807, 2.05) is 5.32 Å². The zero-order valence-electron chi connectivity index (χ0n) is 17.6. The van der Waals surface area contributed by atoms with Crippen LogP contribution in [0.15, 0.2) is 0 Å². The van der Waals surface area contributed by atoms with E-state index in [1.54, 1.807) is 24.6 Å². The number of aliphatic carboxylic acids is 1. The Bertz CT molecular complexity index is 314. The van der Waals surface area contributed by atoms with E-state index in [1.165, 1.54) is 51.4 Å². The molecule has 0 aliphatic heterocycles. The van der Waals surface area contributed by atoms with Crippen LogP contribution in [-0.4, -0.2) is 49.6 Å². The molecule has 0 aliphatic carbocycles. The summed E-state index contributed by atoms with van der Waals surface area (Å²) in [6, 6.07) is 0. The second-order valence-corrected chi connectivity index (χ2v) is 11.5. The van der Waals surface area contributed by atoms with Crippen LogP contribution in [-0.2, 0) is 9.59 Å². The van der Waals surface area contributed by atoms with Gasteiger partial charge in [-0.05, 0) is 25.7 Å². The number of hydrogen-bond donors (Lipinski definition) is 2. The molecule has 0 aromatic heterocycles. The van der Waals surface area contributed by atoms with E-state index in [0.717, 1.165) is 0 Å². The molecular weight excluding hydrogens is 347 g/mol. The molecule has 0 saturated carbocycles. The molecule has 156 valence electrons. The Morgan fingerprint density at radius 1 is 0.808 bits per heavy atom. The first-order valence-electron chi connectivity index (χ1n) is 10.4. The quantitative estimate of drug-likeness (QED) is 0.420. The summed E-state index contributed by atoms with van der Waals surface area (Å²) < 4.78 is 0. The summed E-state index contributed by atoms with van der Waals surface area (Å²) in [7, 11) is -0.562. The van der Waals surface area contributed by atoms with Crippen LogP contribution in [0.3, 0.4) is 0 Å². The molecule has 3 N–H and O–H groups in total. The van der Waals surface area contributed by atoms with Gasteiger partial charge in [-0.1, -0.05) is 53.4 Å². The van der Waals surface area contributed by atoms with Gasteiger partial charge in [0, 0.05) is 7.26 Å². The Morgan fingerprint density at radius 3 is 1.38 bits per heavy atom. The fraction of sp³-hybridized carbons (Fsp3) is 0.900. The molecule has 0 unspecified atom stereocenters. The second-order valence-electron chi connectivity index (χ2n) is 7.00. The predicted molar refractivity (Wildman–Crippen MR) is 113 cm³/mol. The van der Waals surface area contributed by atoms with Gasteiger partial charge in [-0.15, -0.1) is 0 Å². The Balaban J connectivity index is 0. The summed E-state index contributed by atoms with van der Waals surface area (Å²) in [4.78, 5) is 19.8. The molecule has 0 aromatic rings. The minimum absolute atomic E-state index is 0.201. The van der Waals surface area contributed by atoms with Crippen LogP contribution in [0.1, 0.15) is 79.1 Å². The molecule has 0 rings (SSSR count). The molecule has 0 atom stereocenters. The van der Waals surface area contributed by atoms with Gasteiger partial charge in [-0.25, -0.2) is 0 Å². The SMILES string of the molecule is CCCC[P+](CCCC)(CCCC)CCCC.NCC(=O)NCC(=O)[O-]. The van der Waals surface area contributed by atoms with Gasteiger partial charge < -0.3 is 21.0 Å². The Morgan fingerprint density at radius 2 is 1.15 bits per heavy atom.